The van der Waals surface area contributed by atoms with E-state index in [2.05, 4.69) is 48.0 Å². The standard InChI is InChI=1S/C28H39N3O/c1-3-4-5-6-7-8-9-14-21-31-26-18-13-12-17-25(26)30-27(31)19-20-29-28(32)22-24-16-11-10-15-23(24)2/h10-13,15-18H,3-9,14,19-22H2,1-2H3,(H,29,32). The molecule has 32 heavy (non-hydrogen) atoms. The number of nitrogens with one attached hydrogen (secondary N) is 1. The maximum atomic E-state index is 12.4. The summed E-state index contributed by atoms with van der Waals surface area (Å²) in [6.07, 6.45) is 11.7. The van der Waals surface area contributed by atoms with Crippen LogP contribution in [0.5, 0.6) is 0 Å². The molecule has 4 nitrogen and oxygen atoms in total. The van der Waals surface area contributed by atoms with Crippen LogP contribution < -0.4 is 5.32 Å². The van der Waals surface area contributed by atoms with Crippen molar-refractivity contribution in [2.24, 2.45) is 0 Å². The van der Waals surface area contributed by atoms with Crippen LogP contribution in [0.25, 0.3) is 11.0 Å². The van der Waals surface area contributed by atoms with Crippen molar-refractivity contribution in [3.8, 4) is 0 Å². The van der Waals surface area contributed by atoms with Crippen LogP contribution in [0.3, 0.4) is 0 Å². The van der Waals surface area contributed by atoms with E-state index in [4.69, 9.17) is 4.98 Å². The Morgan fingerprint density at radius 2 is 1.59 bits per heavy atom. The first-order valence-corrected chi connectivity index (χ1v) is 12.4. The van der Waals surface area contributed by atoms with Crippen molar-refractivity contribution in [2.45, 2.75) is 84.6 Å². The van der Waals surface area contributed by atoms with Gasteiger partial charge in [0.15, 0.2) is 0 Å². The predicted octanol–water partition coefficient (Wildman–Crippen LogP) is 6.39. The second-order valence-electron chi connectivity index (χ2n) is 8.85. The van der Waals surface area contributed by atoms with Gasteiger partial charge in [-0.25, -0.2) is 4.98 Å². The molecule has 0 aliphatic heterocycles. The Morgan fingerprint density at radius 1 is 0.906 bits per heavy atom. The van der Waals surface area contributed by atoms with E-state index >= 15 is 0 Å². The molecule has 0 saturated carbocycles. The van der Waals surface area contributed by atoms with E-state index in [1.807, 2.05) is 24.3 Å². The molecule has 0 saturated heterocycles. The number of amides is 1. The molecule has 4 heteroatoms. The molecule has 0 radical (unpaired) electrons. The zero-order valence-corrected chi connectivity index (χ0v) is 19.9. The van der Waals surface area contributed by atoms with Gasteiger partial charge in [-0.3, -0.25) is 4.79 Å². The number of benzene rings is 2. The third-order valence-electron chi connectivity index (χ3n) is 6.25. The van der Waals surface area contributed by atoms with Gasteiger partial charge in [-0.05, 0) is 36.6 Å². The van der Waals surface area contributed by atoms with E-state index in [9.17, 15) is 4.79 Å². The zero-order valence-electron chi connectivity index (χ0n) is 19.9. The van der Waals surface area contributed by atoms with Gasteiger partial charge in [0.2, 0.25) is 5.91 Å². The fourth-order valence-corrected chi connectivity index (χ4v) is 4.33. The highest BCUT2D eigenvalue weighted by Crippen LogP contribution is 2.18. The van der Waals surface area contributed by atoms with Gasteiger partial charge < -0.3 is 9.88 Å². The highest BCUT2D eigenvalue weighted by atomic mass is 16.1. The Hall–Kier alpha value is -2.62. The van der Waals surface area contributed by atoms with E-state index in [0.717, 1.165) is 35.4 Å². The summed E-state index contributed by atoms with van der Waals surface area (Å²) in [7, 11) is 0. The van der Waals surface area contributed by atoms with Crippen LogP contribution in [-0.4, -0.2) is 22.0 Å². The number of para-hydroxylation sites is 2. The Balaban J connectivity index is 1.50. The smallest absolute Gasteiger partial charge is 0.224 e. The Morgan fingerprint density at radius 3 is 2.38 bits per heavy atom. The van der Waals surface area contributed by atoms with E-state index in [1.165, 1.54) is 56.9 Å². The van der Waals surface area contributed by atoms with Gasteiger partial charge in [0.05, 0.1) is 17.5 Å². The molecule has 0 aliphatic rings. The van der Waals surface area contributed by atoms with Crippen molar-refractivity contribution in [1.82, 2.24) is 14.9 Å². The number of carbonyl (C=O) groups is 1. The van der Waals surface area contributed by atoms with Gasteiger partial charge in [0.1, 0.15) is 5.82 Å². The average Bonchev–Trinajstić information content (AvgIpc) is 3.14. The fourth-order valence-electron chi connectivity index (χ4n) is 4.33. The highest BCUT2D eigenvalue weighted by molar-refractivity contribution is 5.79. The minimum atomic E-state index is 0.0741. The maximum Gasteiger partial charge on any atom is 0.224 e. The lowest BCUT2D eigenvalue weighted by Crippen LogP contribution is -2.28. The third kappa shape index (κ3) is 7.22. The summed E-state index contributed by atoms with van der Waals surface area (Å²) in [5.41, 5.74) is 4.51. The Bertz CT molecular complexity index is 976. The number of aryl methyl sites for hydroxylation is 2. The molecule has 1 N–H and O–H groups in total. The first-order valence-electron chi connectivity index (χ1n) is 12.4. The van der Waals surface area contributed by atoms with Crippen molar-refractivity contribution < 1.29 is 4.79 Å². The van der Waals surface area contributed by atoms with Gasteiger partial charge in [-0.1, -0.05) is 88.3 Å². The molecule has 1 amide bonds. The molecular weight excluding hydrogens is 394 g/mol. The molecule has 0 atom stereocenters. The van der Waals surface area contributed by atoms with Crippen molar-refractivity contribution >= 4 is 16.9 Å². The number of fused-ring (bicyclic) bond motifs is 1. The van der Waals surface area contributed by atoms with Crippen LogP contribution in [-0.2, 0) is 24.2 Å². The van der Waals surface area contributed by atoms with Crippen LogP contribution >= 0.6 is 0 Å². The lowest BCUT2D eigenvalue weighted by molar-refractivity contribution is -0.120. The molecule has 1 heterocycles. The molecule has 1 aromatic heterocycles. The first-order chi connectivity index (χ1) is 15.7. The van der Waals surface area contributed by atoms with E-state index in [0.29, 0.717) is 13.0 Å². The summed E-state index contributed by atoms with van der Waals surface area (Å²) in [5, 5.41) is 3.09. The lowest BCUT2D eigenvalue weighted by Gasteiger charge is -2.11. The number of imidazole rings is 1. The Kier molecular flexibility index (Phi) is 9.80. The topological polar surface area (TPSA) is 46.9 Å². The number of hydrogen-bond donors (Lipinski definition) is 1. The molecule has 3 aromatic rings. The fraction of sp³-hybridized carbons (Fsp3) is 0.500. The first kappa shape index (κ1) is 24.0. The highest BCUT2D eigenvalue weighted by Gasteiger charge is 2.11. The van der Waals surface area contributed by atoms with Crippen molar-refractivity contribution in [1.29, 1.82) is 0 Å². The monoisotopic (exact) mass is 433 g/mol. The Labute approximate surface area is 193 Å². The van der Waals surface area contributed by atoms with Crippen LogP contribution in [0.15, 0.2) is 48.5 Å². The largest absolute Gasteiger partial charge is 0.355 e. The van der Waals surface area contributed by atoms with Gasteiger partial charge in [-0.2, -0.15) is 0 Å². The summed E-state index contributed by atoms with van der Waals surface area (Å²) in [4.78, 5) is 17.3. The molecular formula is C28H39N3O. The number of nitrogens with zero attached hydrogens (tertiary/aromatic N) is 2. The van der Waals surface area contributed by atoms with Gasteiger partial charge >= 0.3 is 0 Å². The summed E-state index contributed by atoms with van der Waals surface area (Å²) in [6.45, 7) is 5.94. The predicted molar refractivity (Wildman–Crippen MR) is 134 cm³/mol. The molecule has 0 unspecified atom stereocenters. The number of unbranched alkanes of at least 4 members (excludes halogenated alkanes) is 7. The minimum Gasteiger partial charge on any atom is -0.355 e. The maximum absolute atomic E-state index is 12.4. The molecule has 0 aliphatic carbocycles. The van der Waals surface area contributed by atoms with Crippen LogP contribution in [0.2, 0.25) is 0 Å². The molecule has 0 bridgehead atoms. The number of carbonyl (C=O) groups excluding carboxylic acids is 1. The van der Waals surface area contributed by atoms with E-state index in [-0.39, 0.29) is 5.91 Å². The van der Waals surface area contributed by atoms with Gasteiger partial charge in [0.25, 0.3) is 0 Å². The summed E-state index contributed by atoms with van der Waals surface area (Å²) in [6, 6.07) is 16.4. The zero-order chi connectivity index (χ0) is 22.6. The normalized spacial score (nSPS) is 11.2. The molecule has 0 fully saturated rings. The van der Waals surface area contributed by atoms with Gasteiger partial charge in [-0.15, -0.1) is 0 Å². The molecule has 3 rings (SSSR count). The van der Waals surface area contributed by atoms with E-state index < -0.39 is 0 Å². The van der Waals surface area contributed by atoms with Gasteiger partial charge in [0, 0.05) is 19.5 Å². The quantitative estimate of drug-likeness (QED) is 0.300. The molecule has 0 spiro atoms. The van der Waals surface area contributed by atoms with Crippen molar-refractivity contribution in [2.75, 3.05) is 6.54 Å². The number of hydrogen-bond acceptors (Lipinski definition) is 2. The number of aromatic nitrogens is 2. The summed E-state index contributed by atoms with van der Waals surface area (Å²) in [5.74, 6) is 1.15. The van der Waals surface area contributed by atoms with Crippen molar-refractivity contribution in [3.05, 3.63) is 65.5 Å². The molecule has 2 aromatic carbocycles. The lowest BCUT2D eigenvalue weighted by atomic mass is 10.1. The summed E-state index contributed by atoms with van der Waals surface area (Å²) >= 11 is 0. The van der Waals surface area contributed by atoms with E-state index in [1.54, 1.807) is 0 Å². The second kappa shape index (κ2) is 13.0. The summed E-state index contributed by atoms with van der Waals surface area (Å²) < 4.78 is 2.36. The van der Waals surface area contributed by atoms with Crippen LogP contribution in [0.1, 0.15) is 75.2 Å². The van der Waals surface area contributed by atoms with Crippen LogP contribution in [0, 0.1) is 6.92 Å². The van der Waals surface area contributed by atoms with Crippen molar-refractivity contribution in [3.63, 3.8) is 0 Å². The number of rotatable bonds is 14. The molecule has 172 valence electrons. The second-order valence-corrected chi connectivity index (χ2v) is 8.85. The van der Waals surface area contributed by atoms with Crippen LogP contribution in [0.4, 0.5) is 0 Å². The minimum absolute atomic E-state index is 0.0741. The average molecular weight is 434 g/mol. The SMILES string of the molecule is CCCCCCCCCCn1c(CCNC(=O)Cc2ccccc2C)nc2ccccc21. The third-order valence-corrected chi connectivity index (χ3v) is 6.25.